The number of hydrogen-bond donors (Lipinski definition) is 1. The van der Waals surface area contributed by atoms with Crippen LogP contribution >= 0.6 is 0 Å². The molecule has 1 saturated heterocycles. The van der Waals surface area contributed by atoms with Crippen LogP contribution in [-0.2, 0) is 9.59 Å². The van der Waals surface area contributed by atoms with Crippen molar-refractivity contribution in [1.82, 2.24) is 9.80 Å². The highest BCUT2D eigenvalue weighted by Crippen LogP contribution is 2.37. The second-order valence-corrected chi connectivity index (χ2v) is 6.28. The van der Waals surface area contributed by atoms with Gasteiger partial charge in [0, 0.05) is 25.7 Å². The van der Waals surface area contributed by atoms with E-state index < -0.39 is 11.5 Å². The van der Waals surface area contributed by atoms with Crippen LogP contribution in [0.25, 0.3) is 0 Å². The molecule has 1 saturated carbocycles. The highest BCUT2D eigenvalue weighted by Gasteiger charge is 2.50. The number of carbonyl (C=O) groups excluding carboxylic acids is 1. The van der Waals surface area contributed by atoms with Crippen LogP contribution in [0.2, 0.25) is 0 Å². The minimum absolute atomic E-state index is 0.158. The van der Waals surface area contributed by atoms with Gasteiger partial charge in [0.2, 0.25) is 6.41 Å². The van der Waals surface area contributed by atoms with Gasteiger partial charge in [-0.25, -0.2) is 4.79 Å². The maximum atomic E-state index is 11.7. The number of amides is 1. The molecule has 0 bridgehead atoms. The summed E-state index contributed by atoms with van der Waals surface area (Å²) in [5, 5.41) is 9.62. The van der Waals surface area contributed by atoms with Crippen molar-refractivity contribution in [2.24, 2.45) is 5.92 Å². The molecule has 0 unspecified atom stereocenters. The molecule has 0 spiro atoms. The minimum atomic E-state index is -0.962. The van der Waals surface area contributed by atoms with E-state index in [2.05, 4.69) is 18.7 Å². The first-order valence-corrected chi connectivity index (χ1v) is 7.19. The fourth-order valence-electron chi connectivity index (χ4n) is 3.09. The molecular formula is C14H24N2O3. The van der Waals surface area contributed by atoms with E-state index >= 15 is 0 Å². The molecule has 5 nitrogen and oxygen atoms in total. The van der Waals surface area contributed by atoms with E-state index in [1.165, 1.54) is 0 Å². The molecule has 5 heteroatoms. The van der Waals surface area contributed by atoms with Crippen LogP contribution in [0.3, 0.4) is 0 Å². The normalized spacial score (nSPS) is 23.3. The smallest absolute Gasteiger partial charge is 0.329 e. The molecule has 2 fully saturated rings. The number of likely N-dealkylation sites (tertiary alicyclic amines) is 1. The molecule has 1 aliphatic carbocycles. The predicted molar refractivity (Wildman–Crippen MR) is 71.8 cm³/mol. The lowest BCUT2D eigenvalue weighted by Gasteiger charge is -2.44. The molecule has 1 aliphatic heterocycles. The Hall–Kier alpha value is -1.10. The summed E-state index contributed by atoms with van der Waals surface area (Å²) < 4.78 is 0. The summed E-state index contributed by atoms with van der Waals surface area (Å²) in [5.41, 5.74) is -0.962. The number of hydrogen-bond acceptors (Lipinski definition) is 3. The van der Waals surface area contributed by atoms with Gasteiger partial charge in [-0.2, -0.15) is 0 Å². The van der Waals surface area contributed by atoms with E-state index in [0.29, 0.717) is 18.8 Å². The molecule has 0 radical (unpaired) electrons. The summed E-state index contributed by atoms with van der Waals surface area (Å²) in [4.78, 5) is 26.9. The molecule has 1 N–H and O–H groups in total. The predicted octanol–water partition coefficient (Wildman–Crippen LogP) is 1.18. The zero-order valence-electron chi connectivity index (χ0n) is 11.8. The van der Waals surface area contributed by atoms with Gasteiger partial charge in [-0.05, 0) is 31.6 Å². The Morgan fingerprint density at radius 3 is 2.37 bits per heavy atom. The number of rotatable bonds is 6. The van der Waals surface area contributed by atoms with Gasteiger partial charge in [0.25, 0.3) is 0 Å². The van der Waals surface area contributed by atoms with Crippen LogP contribution < -0.4 is 0 Å². The monoisotopic (exact) mass is 268 g/mol. The van der Waals surface area contributed by atoms with Crippen molar-refractivity contribution in [2.45, 2.75) is 51.1 Å². The van der Waals surface area contributed by atoms with Gasteiger partial charge in [0.05, 0.1) is 0 Å². The lowest BCUT2D eigenvalue weighted by Crippen LogP contribution is -2.60. The summed E-state index contributed by atoms with van der Waals surface area (Å²) in [7, 11) is 0. The maximum absolute atomic E-state index is 11.7. The van der Waals surface area contributed by atoms with Crippen LogP contribution in [0.15, 0.2) is 0 Å². The van der Waals surface area contributed by atoms with E-state index in [0.717, 1.165) is 38.9 Å². The number of carbonyl (C=O) groups is 2. The lowest BCUT2D eigenvalue weighted by molar-refractivity contribution is -0.159. The Morgan fingerprint density at radius 1 is 1.42 bits per heavy atom. The zero-order valence-corrected chi connectivity index (χ0v) is 11.8. The molecule has 0 aromatic rings. The molecule has 1 heterocycles. The van der Waals surface area contributed by atoms with Gasteiger partial charge < -0.3 is 14.9 Å². The first kappa shape index (κ1) is 14.3. The molecule has 0 aromatic carbocycles. The standard InChI is InChI=1S/C14H24N2O3/c1-11(2)9-15-7-5-14(6-8-15,13(18)19)16(10-17)12-3-4-12/h10-12H,3-9H2,1-2H3,(H,18,19). The van der Waals surface area contributed by atoms with Gasteiger partial charge >= 0.3 is 5.97 Å². The zero-order chi connectivity index (χ0) is 14.0. The second kappa shape index (κ2) is 5.49. The van der Waals surface area contributed by atoms with E-state index in [-0.39, 0.29) is 6.04 Å². The number of aliphatic carboxylic acids is 1. The third-order valence-electron chi connectivity index (χ3n) is 4.25. The van der Waals surface area contributed by atoms with E-state index in [9.17, 15) is 14.7 Å². The average Bonchev–Trinajstić information content (AvgIpc) is 3.16. The Bertz CT molecular complexity index is 345. The number of nitrogens with zero attached hydrogens (tertiary/aromatic N) is 2. The molecular weight excluding hydrogens is 244 g/mol. The highest BCUT2D eigenvalue weighted by atomic mass is 16.4. The number of carboxylic acids is 1. The van der Waals surface area contributed by atoms with Crippen LogP contribution in [0.4, 0.5) is 0 Å². The first-order valence-electron chi connectivity index (χ1n) is 7.19. The lowest BCUT2D eigenvalue weighted by atomic mass is 9.85. The van der Waals surface area contributed by atoms with Crippen molar-refractivity contribution in [3.05, 3.63) is 0 Å². The topological polar surface area (TPSA) is 60.9 Å². The first-order chi connectivity index (χ1) is 8.99. The van der Waals surface area contributed by atoms with E-state index in [4.69, 9.17) is 0 Å². The number of carboxylic acid groups (broad SMARTS) is 1. The largest absolute Gasteiger partial charge is 0.479 e. The summed E-state index contributed by atoms with van der Waals surface area (Å²) in [5.74, 6) is -0.251. The Kier molecular flexibility index (Phi) is 4.13. The van der Waals surface area contributed by atoms with Crippen LogP contribution in [0.5, 0.6) is 0 Å². The highest BCUT2D eigenvalue weighted by molar-refractivity contribution is 5.82. The Labute approximate surface area is 114 Å². The molecule has 0 atom stereocenters. The minimum Gasteiger partial charge on any atom is -0.479 e. The van der Waals surface area contributed by atoms with Gasteiger partial charge in [-0.15, -0.1) is 0 Å². The van der Waals surface area contributed by atoms with Crippen molar-refractivity contribution in [3.63, 3.8) is 0 Å². The van der Waals surface area contributed by atoms with Crippen molar-refractivity contribution >= 4 is 12.4 Å². The van der Waals surface area contributed by atoms with E-state index in [1.54, 1.807) is 4.90 Å². The van der Waals surface area contributed by atoms with Gasteiger partial charge in [-0.3, -0.25) is 4.79 Å². The Morgan fingerprint density at radius 2 is 2.00 bits per heavy atom. The van der Waals surface area contributed by atoms with Crippen molar-refractivity contribution in [1.29, 1.82) is 0 Å². The van der Waals surface area contributed by atoms with Crippen molar-refractivity contribution in [3.8, 4) is 0 Å². The maximum Gasteiger partial charge on any atom is 0.329 e. The second-order valence-electron chi connectivity index (χ2n) is 6.28. The van der Waals surface area contributed by atoms with Crippen molar-refractivity contribution < 1.29 is 14.7 Å². The molecule has 0 aromatic heterocycles. The fourth-order valence-corrected chi connectivity index (χ4v) is 3.09. The fraction of sp³-hybridized carbons (Fsp3) is 0.857. The molecule has 2 aliphatic rings. The third kappa shape index (κ3) is 2.91. The van der Waals surface area contributed by atoms with Crippen LogP contribution in [-0.4, -0.2) is 58.5 Å². The summed E-state index contributed by atoms with van der Waals surface area (Å²) in [6.45, 7) is 6.87. The van der Waals surface area contributed by atoms with Crippen molar-refractivity contribution in [2.75, 3.05) is 19.6 Å². The molecule has 108 valence electrons. The van der Waals surface area contributed by atoms with Gasteiger partial charge in [0.15, 0.2) is 0 Å². The molecule has 19 heavy (non-hydrogen) atoms. The average molecular weight is 268 g/mol. The summed E-state index contributed by atoms with van der Waals surface area (Å²) >= 11 is 0. The quantitative estimate of drug-likeness (QED) is 0.735. The third-order valence-corrected chi connectivity index (χ3v) is 4.25. The molecule has 2 rings (SSSR count). The number of piperidine rings is 1. The Balaban J connectivity index is 2.06. The van der Waals surface area contributed by atoms with Gasteiger partial charge in [-0.1, -0.05) is 13.8 Å². The van der Waals surface area contributed by atoms with Crippen LogP contribution in [0, 0.1) is 5.92 Å². The van der Waals surface area contributed by atoms with Crippen LogP contribution in [0.1, 0.15) is 39.5 Å². The SMILES string of the molecule is CC(C)CN1CCC(C(=O)O)(N(C=O)C2CC2)CC1. The summed E-state index contributed by atoms with van der Waals surface area (Å²) in [6, 6.07) is 0.158. The van der Waals surface area contributed by atoms with Gasteiger partial charge in [0.1, 0.15) is 5.54 Å². The molecule has 1 amide bonds. The summed E-state index contributed by atoms with van der Waals surface area (Å²) in [6.07, 6.45) is 3.74. The van der Waals surface area contributed by atoms with E-state index in [1.807, 2.05) is 0 Å².